The Kier molecular flexibility index (Phi) is 5.38. The molecule has 0 unspecified atom stereocenters. The smallest absolute Gasteiger partial charge is 0.266 e. The number of methoxy groups -OCH3 is 2. The fraction of sp³-hybridized carbons (Fsp3) is 0.0909. The van der Waals surface area contributed by atoms with Gasteiger partial charge in [0.15, 0.2) is 0 Å². The van der Waals surface area contributed by atoms with Crippen molar-refractivity contribution < 1.29 is 14.3 Å². The van der Waals surface area contributed by atoms with Gasteiger partial charge in [0, 0.05) is 5.69 Å². The number of amides is 1. The van der Waals surface area contributed by atoms with Crippen molar-refractivity contribution in [2.24, 2.45) is 0 Å². The third-order valence-electron chi connectivity index (χ3n) is 4.10. The minimum atomic E-state index is -0.461. The second kappa shape index (κ2) is 8.07. The molecule has 0 heterocycles. The van der Waals surface area contributed by atoms with E-state index < -0.39 is 5.91 Å². The third-order valence-corrected chi connectivity index (χ3v) is 4.10. The van der Waals surface area contributed by atoms with Crippen LogP contribution in [0.4, 0.5) is 5.69 Å². The molecule has 27 heavy (non-hydrogen) atoms. The van der Waals surface area contributed by atoms with Crippen LogP contribution in [-0.4, -0.2) is 20.1 Å². The lowest BCUT2D eigenvalue weighted by Gasteiger charge is -2.06. The van der Waals surface area contributed by atoms with E-state index in [1.807, 2.05) is 42.5 Å². The Bertz CT molecular complexity index is 1050. The Morgan fingerprint density at radius 3 is 2.22 bits per heavy atom. The van der Waals surface area contributed by atoms with Crippen LogP contribution in [0.25, 0.3) is 16.8 Å². The molecule has 5 nitrogen and oxygen atoms in total. The number of carbonyl (C=O) groups excluding carboxylic acids is 1. The highest BCUT2D eigenvalue weighted by Crippen LogP contribution is 2.23. The molecule has 0 radical (unpaired) electrons. The molecule has 0 aliphatic heterocycles. The van der Waals surface area contributed by atoms with Crippen molar-refractivity contribution in [1.82, 2.24) is 0 Å². The number of hydrogen-bond acceptors (Lipinski definition) is 4. The van der Waals surface area contributed by atoms with E-state index in [1.54, 1.807) is 44.6 Å². The molecule has 0 spiro atoms. The molecule has 3 rings (SSSR count). The maximum Gasteiger partial charge on any atom is 0.266 e. The van der Waals surface area contributed by atoms with E-state index in [0.717, 1.165) is 22.1 Å². The van der Waals surface area contributed by atoms with E-state index in [1.165, 1.54) is 0 Å². The fourth-order valence-corrected chi connectivity index (χ4v) is 2.65. The minimum Gasteiger partial charge on any atom is -0.497 e. The van der Waals surface area contributed by atoms with Crippen LogP contribution in [-0.2, 0) is 4.79 Å². The van der Waals surface area contributed by atoms with Gasteiger partial charge in [0.2, 0.25) is 0 Å². The number of fused-ring (bicyclic) bond motifs is 1. The predicted octanol–water partition coefficient (Wildman–Crippen LogP) is 4.40. The zero-order valence-corrected chi connectivity index (χ0v) is 15.0. The predicted molar refractivity (Wildman–Crippen MR) is 106 cm³/mol. The summed E-state index contributed by atoms with van der Waals surface area (Å²) in [7, 11) is 3.20. The second-order valence-electron chi connectivity index (χ2n) is 5.82. The molecule has 1 amide bonds. The van der Waals surface area contributed by atoms with E-state index >= 15 is 0 Å². The molecule has 0 bridgehead atoms. The standard InChI is InChI=1S/C22H18N2O3/c1-26-20-9-6-19(7-10-20)24-22(25)18(14-23)12-15-3-4-17-13-21(27-2)8-5-16(17)11-15/h3-13H,1-2H3,(H,24,25). The average Bonchev–Trinajstić information content (AvgIpc) is 2.71. The molecular formula is C22H18N2O3. The molecule has 0 atom stereocenters. The number of nitrogens with one attached hydrogen (secondary N) is 1. The number of nitriles is 1. The lowest BCUT2D eigenvalue weighted by molar-refractivity contribution is -0.112. The van der Waals surface area contributed by atoms with E-state index in [4.69, 9.17) is 9.47 Å². The van der Waals surface area contributed by atoms with Crippen molar-refractivity contribution in [3.63, 3.8) is 0 Å². The summed E-state index contributed by atoms with van der Waals surface area (Å²) in [6.45, 7) is 0. The molecule has 134 valence electrons. The Morgan fingerprint density at radius 2 is 1.56 bits per heavy atom. The zero-order chi connectivity index (χ0) is 19.2. The number of hydrogen-bond donors (Lipinski definition) is 1. The summed E-state index contributed by atoms with van der Waals surface area (Å²) in [4.78, 5) is 12.4. The van der Waals surface area contributed by atoms with Crippen LogP contribution >= 0.6 is 0 Å². The van der Waals surface area contributed by atoms with Crippen molar-refractivity contribution in [1.29, 1.82) is 5.26 Å². The number of carbonyl (C=O) groups is 1. The number of ether oxygens (including phenoxy) is 2. The second-order valence-corrected chi connectivity index (χ2v) is 5.82. The summed E-state index contributed by atoms with van der Waals surface area (Å²) in [6, 6.07) is 20.3. The molecular weight excluding hydrogens is 340 g/mol. The number of benzene rings is 3. The van der Waals surface area contributed by atoms with Gasteiger partial charge >= 0.3 is 0 Å². The van der Waals surface area contributed by atoms with Crippen molar-refractivity contribution in [2.75, 3.05) is 19.5 Å². The van der Waals surface area contributed by atoms with Gasteiger partial charge in [0.1, 0.15) is 23.1 Å². The Morgan fingerprint density at radius 1 is 0.926 bits per heavy atom. The summed E-state index contributed by atoms with van der Waals surface area (Å²) in [6.07, 6.45) is 1.57. The van der Waals surface area contributed by atoms with E-state index in [9.17, 15) is 10.1 Å². The van der Waals surface area contributed by atoms with Crippen LogP contribution in [0.15, 0.2) is 66.2 Å². The first-order valence-electron chi connectivity index (χ1n) is 8.28. The topological polar surface area (TPSA) is 71.3 Å². The quantitative estimate of drug-likeness (QED) is 0.542. The van der Waals surface area contributed by atoms with Gasteiger partial charge in [-0.2, -0.15) is 5.26 Å². The highest BCUT2D eigenvalue weighted by atomic mass is 16.5. The SMILES string of the molecule is COc1ccc(NC(=O)C(C#N)=Cc2ccc3cc(OC)ccc3c2)cc1. The number of nitrogens with zero attached hydrogens (tertiary/aromatic N) is 1. The van der Waals surface area contributed by atoms with Gasteiger partial charge in [-0.1, -0.05) is 18.2 Å². The zero-order valence-electron chi connectivity index (χ0n) is 15.0. The molecule has 5 heteroatoms. The molecule has 3 aromatic rings. The van der Waals surface area contributed by atoms with Crippen LogP contribution in [0.1, 0.15) is 5.56 Å². The van der Waals surface area contributed by atoms with Gasteiger partial charge in [-0.25, -0.2) is 0 Å². The molecule has 0 aliphatic rings. The number of rotatable bonds is 5. The van der Waals surface area contributed by atoms with Gasteiger partial charge in [-0.15, -0.1) is 0 Å². The maximum atomic E-state index is 12.4. The Balaban J connectivity index is 1.83. The van der Waals surface area contributed by atoms with Crippen LogP contribution in [0.2, 0.25) is 0 Å². The van der Waals surface area contributed by atoms with Gasteiger partial charge in [-0.3, -0.25) is 4.79 Å². The van der Waals surface area contributed by atoms with Crippen LogP contribution in [0.3, 0.4) is 0 Å². The highest BCUT2D eigenvalue weighted by molar-refractivity contribution is 6.09. The molecule has 0 aliphatic carbocycles. The molecule has 0 saturated carbocycles. The molecule has 0 aromatic heterocycles. The van der Waals surface area contributed by atoms with E-state index in [2.05, 4.69) is 5.32 Å². The highest BCUT2D eigenvalue weighted by Gasteiger charge is 2.10. The van der Waals surface area contributed by atoms with Crippen molar-refractivity contribution in [3.05, 3.63) is 71.8 Å². The Labute approximate surface area is 157 Å². The van der Waals surface area contributed by atoms with Gasteiger partial charge in [0.05, 0.1) is 14.2 Å². The summed E-state index contributed by atoms with van der Waals surface area (Å²) in [5.41, 5.74) is 1.39. The molecule has 0 fully saturated rings. The summed E-state index contributed by atoms with van der Waals surface area (Å²) in [5.74, 6) is 1.01. The molecule has 0 saturated heterocycles. The summed E-state index contributed by atoms with van der Waals surface area (Å²) < 4.78 is 10.3. The molecule has 3 aromatic carbocycles. The van der Waals surface area contributed by atoms with Gasteiger partial charge in [0.25, 0.3) is 5.91 Å². The van der Waals surface area contributed by atoms with Crippen LogP contribution in [0, 0.1) is 11.3 Å². The third kappa shape index (κ3) is 4.25. The largest absolute Gasteiger partial charge is 0.497 e. The summed E-state index contributed by atoms with van der Waals surface area (Å²) in [5, 5.41) is 14.1. The first-order chi connectivity index (χ1) is 13.1. The Hall–Kier alpha value is -3.78. The average molecular weight is 358 g/mol. The van der Waals surface area contributed by atoms with E-state index in [0.29, 0.717) is 11.4 Å². The van der Waals surface area contributed by atoms with Crippen molar-refractivity contribution >= 4 is 28.4 Å². The normalized spacial score (nSPS) is 10.9. The molecule has 1 N–H and O–H groups in total. The van der Waals surface area contributed by atoms with Crippen LogP contribution in [0.5, 0.6) is 11.5 Å². The van der Waals surface area contributed by atoms with Gasteiger partial charge < -0.3 is 14.8 Å². The monoisotopic (exact) mass is 358 g/mol. The first kappa shape index (κ1) is 18.0. The maximum absolute atomic E-state index is 12.4. The lowest BCUT2D eigenvalue weighted by atomic mass is 10.0. The van der Waals surface area contributed by atoms with Crippen molar-refractivity contribution in [3.8, 4) is 17.6 Å². The van der Waals surface area contributed by atoms with Crippen molar-refractivity contribution in [2.45, 2.75) is 0 Å². The number of anilines is 1. The van der Waals surface area contributed by atoms with Crippen LogP contribution < -0.4 is 14.8 Å². The fourth-order valence-electron chi connectivity index (χ4n) is 2.65. The summed E-state index contributed by atoms with van der Waals surface area (Å²) >= 11 is 0. The lowest BCUT2D eigenvalue weighted by Crippen LogP contribution is -2.13. The minimum absolute atomic E-state index is 0.0266. The van der Waals surface area contributed by atoms with Gasteiger partial charge in [-0.05, 0) is 64.9 Å². The van der Waals surface area contributed by atoms with E-state index in [-0.39, 0.29) is 5.57 Å². The first-order valence-corrected chi connectivity index (χ1v) is 8.28.